The van der Waals surface area contributed by atoms with Crippen LogP contribution in [0.2, 0.25) is 0 Å². The van der Waals surface area contributed by atoms with Crippen molar-refractivity contribution in [1.82, 2.24) is 15.0 Å². The molecule has 0 bridgehead atoms. The lowest BCUT2D eigenvalue weighted by molar-refractivity contribution is 0.0980. The summed E-state index contributed by atoms with van der Waals surface area (Å²) in [5.74, 6) is 1.78. The summed E-state index contributed by atoms with van der Waals surface area (Å²) in [5, 5.41) is 5.26. The van der Waals surface area contributed by atoms with Crippen molar-refractivity contribution in [2.45, 2.75) is 25.8 Å². The fourth-order valence-electron chi connectivity index (χ4n) is 3.34. The van der Waals surface area contributed by atoms with Crippen LogP contribution >= 0.6 is 11.3 Å². The van der Waals surface area contributed by atoms with Gasteiger partial charge in [-0.2, -0.15) is 0 Å². The quantitative estimate of drug-likeness (QED) is 0.357. The Kier molecular flexibility index (Phi) is 6.61. The molecule has 0 aliphatic carbocycles. The van der Waals surface area contributed by atoms with Gasteiger partial charge in [0.05, 0.1) is 30.5 Å². The molecule has 4 aromatic rings. The molecule has 3 aromatic heterocycles. The number of pyridine rings is 1. The van der Waals surface area contributed by atoms with E-state index in [4.69, 9.17) is 9.47 Å². The molecule has 0 amide bonds. The molecule has 0 aliphatic rings. The number of aryl methyl sites for hydroxylation is 1. The van der Waals surface area contributed by atoms with E-state index < -0.39 is 0 Å². The molecule has 0 aliphatic heterocycles. The molecular formula is C24H24N4O3S. The van der Waals surface area contributed by atoms with E-state index in [1.54, 1.807) is 26.5 Å². The smallest absolute Gasteiger partial charge is 0.224 e. The van der Waals surface area contributed by atoms with E-state index in [1.165, 1.54) is 11.3 Å². The lowest BCUT2D eigenvalue weighted by Crippen LogP contribution is -2.12. The summed E-state index contributed by atoms with van der Waals surface area (Å²) in [6, 6.07) is 13.4. The third-order valence-corrected chi connectivity index (χ3v) is 6.09. The summed E-state index contributed by atoms with van der Waals surface area (Å²) in [6.45, 7) is 2.03. The Hall–Kier alpha value is -3.52. The fraction of sp³-hybridized carbons (Fsp3) is 0.250. The number of nitrogens with zero attached hydrogens (tertiary/aromatic N) is 3. The number of methoxy groups -OCH3 is 2. The fourth-order valence-corrected chi connectivity index (χ4v) is 4.18. The summed E-state index contributed by atoms with van der Waals surface area (Å²) in [5.41, 5.74) is 3.27. The molecule has 8 heteroatoms. The van der Waals surface area contributed by atoms with Crippen LogP contribution in [0.25, 0.3) is 10.2 Å². The monoisotopic (exact) mass is 448 g/mol. The average Bonchev–Trinajstić information content (AvgIpc) is 3.31. The first-order valence-electron chi connectivity index (χ1n) is 10.2. The van der Waals surface area contributed by atoms with E-state index >= 15 is 0 Å². The van der Waals surface area contributed by atoms with E-state index in [0.717, 1.165) is 27.1 Å². The van der Waals surface area contributed by atoms with Crippen LogP contribution in [0.5, 0.6) is 11.6 Å². The van der Waals surface area contributed by atoms with E-state index in [1.807, 2.05) is 48.7 Å². The van der Waals surface area contributed by atoms with Gasteiger partial charge in [0.2, 0.25) is 11.8 Å². The molecule has 4 rings (SSSR count). The van der Waals surface area contributed by atoms with Gasteiger partial charge in [-0.1, -0.05) is 18.2 Å². The number of nitrogens with one attached hydrogen (secondary N) is 1. The van der Waals surface area contributed by atoms with Crippen molar-refractivity contribution in [3.63, 3.8) is 0 Å². The number of carbonyl (C=O) groups excluding carboxylic acids is 1. The minimum absolute atomic E-state index is 0.0178. The first-order chi connectivity index (χ1) is 15.6. The molecular weight excluding hydrogens is 424 g/mol. The number of rotatable bonds is 9. The van der Waals surface area contributed by atoms with Crippen LogP contribution in [0.1, 0.15) is 41.0 Å². The predicted octanol–water partition coefficient (Wildman–Crippen LogP) is 5.09. The van der Waals surface area contributed by atoms with E-state index in [0.29, 0.717) is 30.4 Å². The van der Waals surface area contributed by atoms with Crippen molar-refractivity contribution < 1.29 is 14.3 Å². The number of Topliss-reactive ketones (excluding diaryl/α,β-unsaturated/α-hetero) is 1. The van der Waals surface area contributed by atoms with Gasteiger partial charge in [0.15, 0.2) is 5.78 Å². The number of benzene rings is 1. The highest BCUT2D eigenvalue weighted by Crippen LogP contribution is 2.27. The molecule has 32 heavy (non-hydrogen) atoms. The lowest BCUT2D eigenvalue weighted by Gasteiger charge is -2.15. The number of aromatic nitrogens is 3. The Morgan fingerprint density at radius 1 is 1.06 bits per heavy atom. The highest BCUT2D eigenvalue weighted by molar-refractivity contribution is 7.17. The maximum absolute atomic E-state index is 13.1. The van der Waals surface area contributed by atoms with Gasteiger partial charge in [0, 0.05) is 18.7 Å². The van der Waals surface area contributed by atoms with Crippen LogP contribution in [0, 0.1) is 0 Å². The van der Waals surface area contributed by atoms with Crippen LogP contribution < -0.4 is 14.8 Å². The second kappa shape index (κ2) is 9.74. The summed E-state index contributed by atoms with van der Waals surface area (Å²) in [7, 11) is 3.22. The van der Waals surface area contributed by atoms with E-state index in [9.17, 15) is 4.79 Å². The van der Waals surface area contributed by atoms with Gasteiger partial charge in [-0.25, -0.2) is 15.0 Å². The van der Waals surface area contributed by atoms with Crippen molar-refractivity contribution in [3.8, 4) is 11.6 Å². The molecule has 164 valence electrons. The number of thiophene rings is 1. The van der Waals surface area contributed by atoms with Crippen molar-refractivity contribution in [2.24, 2.45) is 0 Å². The molecule has 1 aromatic carbocycles. The molecule has 1 atom stereocenters. The van der Waals surface area contributed by atoms with Gasteiger partial charge in [-0.05, 0) is 48.1 Å². The second-order valence-corrected chi connectivity index (χ2v) is 8.22. The topological polar surface area (TPSA) is 86.2 Å². The van der Waals surface area contributed by atoms with Crippen LogP contribution in [-0.4, -0.2) is 35.0 Å². The Labute approximate surface area is 190 Å². The molecule has 1 N–H and O–H groups in total. The number of ether oxygens (including phenoxy) is 2. The molecule has 0 saturated carbocycles. The van der Waals surface area contributed by atoms with Gasteiger partial charge in [0.1, 0.15) is 11.4 Å². The molecule has 3 heterocycles. The number of hydrogen-bond donors (Lipinski definition) is 1. The maximum atomic E-state index is 13.1. The zero-order valence-electron chi connectivity index (χ0n) is 18.2. The molecule has 0 spiro atoms. The van der Waals surface area contributed by atoms with Crippen LogP contribution in [0.15, 0.2) is 54.0 Å². The second-order valence-electron chi connectivity index (χ2n) is 7.30. The Morgan fingerprint density at radius 2 is 1.88 bits per heavy atom. The molecule has 0 fully saturated rings. The number of hydrogen-bond acceptors (Lipinski definition) is 8. The zero-order valence-corrected chi connectivity index (χ0v) is 19.0. The molecule has 0 unspecified atom stereocenters. The largest absolute Gasteiger partial charge is 0.497 e. The highest BCUT2D eigenvalue weighted by atomic mass is 32.1. The first kappa shape index (κ1) is 21.7. The molecule has 0 radical (unpaired) electrons. The number of anilines is 1. The Morgan fingerprint density at radius 3 is 2.56 bits per heavy atom. The van der Waals surface area contributed by atoms with Gasteiger partial charge >= 0.3 is 0 Å². The SMILES string of the molecule is COc1ccc([C@@H](C)Nc2nc(C(=O)CCc3ccc(OC)nc3)c3sccc3n2)cc1. The summed E-state index contributed by atoms with van der Waals surface area (Å²) in [6.07, 6.45) is 2.65. The van der Waals surface area contributed by atoms with E-state index in [-0.39, 0.29) is 11.8 Å². The highest BCUT2D eigenvalue weighted by Gasteiger charge is 2.17. The number of ketones is 1. The summed E-state index contributed by atoms with van der Waals surface area (Å²) in [4.78, 5) is 26.5. The third-order valence-electron chi connectivity index (χ3n) is 5.18. The Balaban J connectivity index is 1.52. The van der Waals surface area contributed by atoms with Crippen LogP contribution in [-0.2, 0) is 6.42 Å². The van der Waals surface area contributed by atoms with Crippen molar-refractivity contribution in [1.29, 1.82) is 0 Å². The average molecular weight is 449 g/mol. The maximum Gasteiger partial charge on any atom is 0.224 e. The number of fused-ring (bicyclic) bond motifs is 1. The van der Waals surface area contributed by atoms with Crippen molar-refractivity contribution >= 4 is 33.3 Å². The van der Waals surface area contributed by atoms with Gasteiger partial charge in [-0.3, -0.25) is 4.79 Å². The van der Waals surface area contributed by atoms with Crippen molar-refractivity contribution in [2.75, 3.05) is 19.5 Å². The summed E-state index contributed by atoms with van der Waals surface area (Å²) < 4.78 is 11.1. The third kappa shape index (κ3) is 4.86. The normalized spacial score (nSPS) is 11.8. The van der Waals surface area contributed by atoms with Gasteiger partial charge < -0.3 is 14.8 Å². The minimum atomic E-state index is -0.0367. The van der Waals surface area contributed by atoms with E-state index in [2.05, 4.69) is 20.3 Å². The first-order valence-corrected chi connectivity index (χ1v) is 11.1. The number of carbonyl (C=O) groups is 1. The lowest BCUT2D eigenvalue weighted by atomic mass is 10.1. The van der Waals surface area contributed by atoms with Gasteiger partial charge in [-0.15, -0.1) is 11.3 Å². The molecule has 7 nitrogen and oxygen atoms in total. The van der Waals surface area contributed by atoms with Gasteiger partial charge in [0.25, 0.3) is 0 Å². The van der Waals surface area contributed by atoms with Crippen LogP contribution in [0.4, 0.5) is 5.95 Å². The van der Waals surface area contributed by atoms with Crippen LogP contribution in [0.3, 0.4) is 0 Å². The summed E-state index contributed by atoms with van der Waals surface area (Å²) >= 11 is 1.48. The Bertz CT molecular complexity index is 1210. The minimum Gasteiger partial charge on any atom is -0.497 e. The zero-order chi connectivity index (χ0) is 22.5. The standard InChI is InChI=1S/C24H24N4O3S/c1-15(17-6-8-18(30-2)9-7-17)26-24-27-19-12-13-32-23(19)22(28-24)20(29)10-4-16-5-11-21(31-3)25-14-16/h5-9,11-15H,4,10H2,1-3H3,(H,26,27,28)/t15-/m1/s1. The van der Waals surface area contributed by atoms with Crippen molar-refractivity contribution in [3.05, 3.63) is 70.9 Å². The predicted molar refractivity (Wildman–Crippen MR) is 126 cm³/mol. The molecule has 0 saturated heterocycles.